The van der Waals surface area contributed by atoms with E-state index in [1.165, 1.54) is 4.31 Å². The van der Waals surface area contributed by atoms with Gasteiger partial charge in [-0.1, -0.05) is 40.2 Å². The van der Waals surface area contributed by atoms with Gasteiger partial charge in [0, 0.05) is 23.5 Å². The van der Waals surface area contributed by atoms with Crippen LogP contribution in [0.4, 0.5) is 5.69 Å². The van der Waals surface area contributed by atoms with Crippen LogP contribution in [0, 0.1) is 5.92 Å². The number of rotatable bonds is 6. The summed E-state index contributed by atoms with van der Waals surface area (Å²) in [5.41, 5.74) is 1.37. The Bertz CT molecular complexity index is 923. The molecule has 1 aliphatic heterocycles. The number of carbonyl (C=O) groups excluding carboxylic acids is 1. The quantitative estimate of drug-likeness (QED) is 0.704. The number of nitrogens with one attached hydrogen (secondary N) is 1. The van der Waals surface area contributed by atoms with E-state index in [1.54, 1.807) is 31.4 Å². The Morgan fingerprint density at radius 1 is 1.14 bits per heavy atom. The maximum absolute atomic E-state index is 12.7. The number of benzene rings is 2. The van der Waals surface area contributed by atoms with Crippen LogP contribution in [-0.4, -0.2) is 38.8 Å². The number of hydrogen-bond acceptors (Lipinski definition) is 4. The van der Waals surface area contributed by atoms with Crippen LogP contribution in [0.3, 0.4) is 0 Å². The second-order valence-electron chi connectivity index (χ2n) is 6.75. The summed E-state index contributed by atoms with van der Waals surface area (Å²) >= 11 is 3.35. The molecule has 0 spiro atoms. The molecule has 0 saturated carbocycles. The minimum Gasteiger partial charge on any atom is -0.495 e. The fraction of sp³-hybridized carbons (Fsp3) is 0.350. The summed E-state index contributed by atoms with van der Waals surface area (Å²) in [5.74, 6) is 0.252. The van der Waals surface area contributed by atoms with E-state index in [-0.39, 0.29) is 17.6 Å². The van der Waals surface area contributed by atoms with Gasteiger partial charge in [-0.2, -0.15) is 0 Å². The number of methoxy groups -OCH3 is 1. The first kappa shape index (κ1) is 20.8. The van der Waals surface area contributed by atoms with Crippen LogP contribution in [-0.2, 0) is 20.6 Å². The fourth-order valence-electron chi connectivity index (χ4n) is 3.26. The van der Waals surface area contributed by atoms with Gasteiger partial charge in [-0.25, -0.2) is 12.7 Å². The predicted molar refractivity (Wildman–Crippen MR) is 113 cm³/mol. The molecule has 0 unspecified atom stereocenters. The van der Waals surface area contributed by atoms with Crippen molar-refractivity contribution in [2.45, 2.75) is 18.6 Å². The Morgan fingerprint density at radius 2 is 1.79 bits per heavy atom. The summed E-state index contributed by atoms with van der Waals surface area (Å²) in [7, 11) is -1.85. The van der Waals surface area contributed by atoms with E-state index in [4.69, 9.17) is 4.74 Å². The number of amides is 1. The second-order valence-corrected chi connectivity index (χ2v) is 9.63. The van der Waals surface area contributed by atoms with Gasteiger partial charge in [-0.3, -0.25) is 4.79 Å². The molecular weight excluding hydrogens is 444 g/mol. The number of ether oxygens (including phenoxy) is 1. The van der Waals surface area contributed by atoms with E-state index in [0.717, 1.165) is 10.0 Å². The van der Waals surface area contributed by atoms with Crippen molar-refractivity contribution >= 4 is 37.5 Å². The SMILES string of the molecule is COc1ccccc1NC(=O)C1CCN(S(=O)(=O)Cc2ccc(Br)cc2)CC1. The number of piperidine rings is 1. The van der Waals surface area contributed by atoms with Gasteiger partial charge in [-0.05, 0) is 42.7 Å². The minimum absolute atomic E-state index is 0.0294. The smallest absolute Gasteiger partial charge is 0.227 e. The van der Waals surface area contributed by atoms with Gasteiger partial charge in [0.25, 0.3) is 0 Å². The van der Waals surface area contributed by atoms with Crippen molar-refractivity contribution < 1.29 is 17.9 Å². The molecule has 1 fully saturated rings. The summed E-state index contributed by atoms with van der Waals surface area (Å²) in [4.78, 5) is 12.6. The van der Waals surface area contributed by atoms with Crippen LogP contribution in [0.15, 0.2) is 53.0 Å². The Morgan fingerprint density at radius 3 is 2.43 bits per heavy atom. The normalized spacial score (nSPS) is 15.9. The second kappa shape index (κ2) is 9.07. The van der Waals surface area contributed by atoms with Crippen LogP contribution in [0.1, 0.15) is 18.4 Å². The van der Waals surface area contributed by atoms with Gasteiger partial charge in [0.1, 0.15) is 5.75 Å². The molecule has 0 aromatic heterocycles. The van der Waals surface area contributed by atoms with E-state index >= 15 is 0 Å². The number of sulfonamides is 1. The summed E-state index contributed by atoms with van der Waals surface area (Å²) in [6.07, 6.45) is 1.00. The predicted octanol–water partition coefficient (Wildman–Crippen LogP) is 3.64. The average Bonchev–Trinajstić information content (AvgIpc) is 2.70. The number of para-hydroxylation sites is 2. The van der Waals surface area contributed by atoms with Crippen LogP contribution in [0.25, 0.3) is 0 Å². The van der Waals surface area contributed by atoms with Crippen molar-refractivity contribution in [1.29, 1.82) is 0 Å². The van der Waals surface area contributed by atoms with Crippen molar-refractivity contribution in [2.24, 2.45) is 5.92 Å². The lowest BCUT2D eigenvalue weighted by molar-refractivity contribution is -0.120. The maximum Gasteiger partial charge on any atom is 0.227 e. The van der Waals surface area contributed by atoms with Crippen molar-refractivity contribution in [3.8, 4) is 5.75 Å². The molecule has 0 bridgehead atoms. The summed E-state index contributed by atoms with van der Waals surface area (Å²) in [5, 5.41) is 2.89. The molecule has 0 aliphatic carbocycles. The molecule has 2 aromatic carbocycles. The zero-order chi connectivity index (χ0) is 20.1. The van der Waals surface area contributed by atoms with Crippen molar-refractivity contribution in [3.05, 3.63) is 58.6 Å². The monoisotopic (exact) mass is 466 g/mol. The molecule has 8 heteroatoms. The van der Waals surface area contributed by atoms with E-state index < -0.39 is 10.0 Å². The third kappa shape index (κ3) is 5.12. The Labute approximate surface area is 174 Å². The molecule has 1 heterocycles. The van der Waals surface area contributed by atoms with E-state index in [1.807, 2.05) is 24.3 Å². The molecule has 1 N–H and O–H groups in total. The summed E-state index contributed by atoms with van der Waals surface area (Å²) in [6, 6.07) is 14.5. The van der Waals surface area contributed by atoms with Gasteiger partial charge < -0.3 is 10.1 Å². The molecule has 28 heavy (non-hydrogen) atoms. The standard InChI is InChI=1S/C20H23BrN2O4S/c1-27-19-5-3-2-4-18(19)22-20(24)16-10-12-23(13-11-16)28(25,26)14-15-6-8-17(21)9-7-15/h2-9,16H,10-14H2,1H3,(H,22,24). The Hall–Kier alpha value is -1.90. The Balaban J connectivity index is 1.57. The van der Waals surface area contributed by atoms with Gasteiger partial charge in [0.15, 0.2) is 0 Å². The van der Waals surface area contributed by atoms with Crippen LogP contribution in [0.5, 0.6) is 5.75 Å². The van der Waals surface area contributed by atoms with Gasteiger partial charge in [0.05, 0.1) is 18.6 Å². The molecule has 1 aliphatic rings. The lowest BCUT2D eigenvalue weighted by atomic mass is 9.97. The third-order valence-corrected chi connectivity index (χ3v) is 7.22. The van der Waals surface area contributed by atoms with Gasteiger partial charge in [-0.15, -0.1) is 0 Å². The first-order chi connectivity index (χ1) is 13.4. The molecule has 6 nitrogen and oxygen atoms in total. The van der Waals surface area contributed by atoms with Crippen LogP contribution in [0.2, 0.25) is 0 Å². The number of carbonyl (C=O) groups is 1. The van der Waals surface area contributed by atoms with E-state index in [2.05, 4.69) is 21.2 Å². The minimum atomic E-state index is -3.40. The zero-order valence-corrected chi connectivity index (χ0v) is 18.0. The molecule has 150 valence electrons. The van der Waals surface area contributed by atoms with E-state index in [9.17, 15) is 13.2 Å². The maximum atomic E-state index is 12.7. The van der Waals surface area contributed by atoms with Crippen LogP contribution < -0.4 is 10.1 Å². The first-order valence-corrected chi connectivity index (χ1v) is 11.5. The topological polar surface area (TPSA) is 75.7 Å². The van der Waals surface area contributed by atoms with Gasteiger partial charge in [0.2, 0.25) is 15.9 Å². The molecule has 1 saturated heterocycles. The number of anilines is 1. The first-order valence-electron chi connectivity index (χ1n) is 9.05. The molecule has 2 aromatic rings. The van der Waals surface area contributed by atoms with Crippen molar-refractivity contribution in [3.63, 3.8) is 0 Å². The number of halogens is 1. The molecule has 3 rings (SSSR count). The molecular formula is C20H23BrN2O4S. The molecule has 0 radical (unpaired) electrons. The summed E-state index contributed by atoms with van der Waals surface area (Å²) in [6.45, 7) is 0.700. The molecule has 1 amide bonds. The Kier molecular flexibility index (Phi) is 6.74. The largest absolute Gasteiger partial charge is 0.495 e. The lowest BCUT2D eigenvalue weighted by Gasteiger charge is -2.30. The van der Waals surface area contributed by atoms with Gasteiger partial charge >= 0.3 is 0 Å². The zero-order valence-electron chi connectivity index (χ0n) is 15.6. The van der Waals surface area contributed by atoms with E-state index in [0.29, 0.717) is 37.4 Å². The highest BCUT2D eigenvalue weighted by molar-refractivity contribution is 9.10. The third-order valence-electron chi connectivity index (χ3n) is 4.85. The number of hydrogen-bond donors (Lipinski definition) is 1. The lowest BCUT2D eigenvalue weighted by Crippen LogP contribution is -2.41. The average molecular weight is 467 g/mol. The fourth-order valence-corrected chi connectivity index (χ4v) is 5.09. The van der Waals surface area contributed by atoms with Crippen molar-refractivity contribution in [2.75, 3.05) is 25.5 Å². The van der Waals surface area contributed by atoms with Crippen LogP contribution >= 0.6 is 15.9 Å². The molecule has 0 atom stereocenters. The highest BCUT2D eigenvalue weighted by Crippen LogP contribution is 2.27. The number of nitrogens with zero attached hydrogens (tertiary/aromatic N) is 1. The summed E-state index contributed by atoms with van der Waals surface area (Å²) < 4.78 is 33.0. The van der Waals surface area contributed by atoms with Crippen molar-refractivity contribution in [1.82, 2.24) is 4.31 Å². The highest BCUT2D eigenvalue weighted by Gasteiger charge is 2.31. The highest BCUT2D eigenvalue weighted by atomic mass is 79.9.